The van der Waals surface area contributed by atoms with Crippen LogP contribution in [0.3, 0.4) is 0 Å². The van der Waals surface area contributed by atoms with E-state index in [0.29, 0.717) is 11.1 Å². The number of aryl methyl sites for hydroxylation is 1. The summed E-state index contributed by atoms with van der Waals surface area (Å²) >= 11 is 0. The van der Waals surface area contributed by atoms with Gasteiger partial charge >= 0.3 is 6.18 Å². The van der Waals surface area contributed by atoms with E-state index in [-0.39, 0.29) is 0 Å². The van der Waals surface area contributed by atoms with E-state index in [1.807, 2.05) is 0 Å². The summed E-state index contributed by atoms with van der Waals surface area (Å²) in [7, 11) is 1.73. The summed E-state index contributed by atoms with van der Waals surface area (Å²) in [4.78, 5) is 3.98. The molecule has 0 atom stereocenters. The molecular weight excluding hydrogens is 229 g/mol. The molecule has 0 saturated heterocycles. The third-order valence-electron chi connectivity index (χ3n) is 2.64. The molecular formula is C12H11F3N2. The molecule has 0 amide bonds. The smallest absolute Gasteiger partial charge is 0.388 e. The fourth-order valence-corrected chi connectivity index (χ4v) is 1.87. The fourth-order valence-electron chi connectivity index (χ4n) is 1.87. The first kappa shape index (κ1) is 11.7. The van der Waals surface area contributed by atoms with Crippen molar-refractivity contribution in [3.05, 3.63) is 35.5 Å². The van der Waals surface area contributed by atoms with Crippen LogP contribution in [0.15, 0.2) is 24.4 Å². The third-order valence-corrected chi connectivity index (χ3v) is 2.64. The van der Waals surface area contributed by atoms with Crippen LogP contribution in [0.25, 0.3) is 10.9 Å². The average molecular weight is 240 g/mol. The lowest BCUT2D eigenvalue weighted by Gasteiger charge is -2.12. The Kier molecular flexibility index (Phi) is 2.69. The van der Waals surface area contributed by atoms with Gasteiger partial charge in [0.1, 0.15) is 0 Å². The van der Waals surface area contributed by atoms with Crippen LogP contribution in [0.2, 0.25) is 0 Å². The van der Waals surface area contributed by atoms with Crippen molar-refractivity contribution in [2.24, 2.45) is 0 Å². The van der Waals surface area contributed by atoms with Gasteiger partial charge in [-0.1, -0.05) is 0 Å². The maximum Gasteiger partial charge on any atom is 0.416 e. The molecule has 5 heteroatoms. The van der Waals surface area contributed by atoms with Gasteiger partial charge in [-0.25, -0.2) is 0 Å². The summed E-state index contributed by atoms with van der Waals surface area (Å²) in [5, 5.41) is 3.67. The van der Waals surface area contributed by atoms with Gasteiger partial charge in [0, 0.05) is 24.3 Å². The lowest BCUT2D eigenvalue weighted by atomic mass is 10.0. The maximum absolute atomic E-state index is 12.6. The Morgan fingerprint density at radius 3 is 2.53 bits per heavy atom. The number of anilines is 1. The third kappa shape index (κ3) is 2.05. The van der Waals surface area contributed by atoms with E-state index in [4.69, 9.17) is 0 Å². The topological polar surface area (TPSA) is 24.9 Å². The number of hydrogen-bond acceptors (Lipinski definition) is 2. The van der Waals surface area contributed by atoms with Crippen molar-refractivity contribution in [1.82, 2.24) is 4.98 Å². The largest absolute Gasteiger partial charge is 0.416 e. The van der Waals surface area contributed by atoms with Crippen molar-refractivity contribution < 1.29 is 13.2 Å². The van der Waals surface area contributed by atoms with Crippen LogP contribution < -0.4 is 5.32 Å². The van der Waals surface area contributed by atoms with E-state index >= 15 is 0 Å². The molecule has 1 aromatic heterocycles. The van der Waals surface area contributed by atoms with E-state index < -0.39 is 11.7 Å². The van der Waals surface area contributed by atoms with Gasteiger partial charge in [0.05, 0.1) is 11.1 Å². The van der Waals surface area contributed by atoms with Crippen LogP contribution in [0.1, 0.15) is 11.1 Å². The number of aromatic nitrogens is 1. The number of pyridine rings is 1. The number of nitrogens with one attached hydrogen (secondary N) is 1. The van der Waals surface area contributed by atoms with Gasteiger partial charge in [-0.3, -0.25) is 4.98 Å². The molecule has 2 rings (SSSR count). The molecule has 2 aromatic rings. The second kappa shape index (κ2) is 3.91. The average Bonchev–Trinajstić information content (AvgIpc) is 2.26. The Morgan fingerprint density at radius 2 is 1.94 bits per heavy atom. The first-order valence-electron chi connectivity index (χ1n) is 5.08. The zero-order valence-electron chi connectivity index (χ0n) is 9.39. The molecule has 1 aromatic carbocycles. The monoisotopic (exact) mass is 240 g/mol. The molecule has 0 radical (unpaired) electrons. The SMILES string of the molecule is CNc1ccnc2cc(C(F)(F)F)cc(C)c12. The Hall–Kier alpha value is -1.78. The predicted molar refractivity (Wildman–Crippen MR) is 61.0 cm³/mol. The Balaban J connectivity index is 2.76. The number of fused-ring (bicyclic) bond motifs is 1. The molecule has 0 bridgehead atoms. The van der Waals surface area contributed by atoms with Crippen molar-refractivity contribution in [3.63, 3.8) is 0 Å². The minimum atomic E-state index is -4.34. The normalized spacial score (nSPS) is 11.8. The number of rotatable bonds is 1. The highest BCUT2D eigenvalue weighted by molar-refractivity contribution is 5.94. The molecule has 0 saturated carbocycles. The van der Waals surface area contributed by atoms with Crippen molar-refractivity contribution in [2.75, 3.05) is 12.4 Å². The lowest BCUT2D eigenvalue weighted by molar-refractivity contribution is -0.137. The van der Waals surface area contributed by atoms with Crippen LogP contribution in [-0.4, -0.2) is 12.0 Å². The van der Waals surface area contributed by atoms with Crippen LogP contribution in [-0.2, 0) is 6.18 Å². The van der Waals surface area contributed by atoms with Crippen molar-refractivity contribution >= 4 is 16.6 Å². The Labute approximate surface area is 96.5 Å². The lowest BCUT2D eigenvalue weighted by Crippen LogP contribution is -2.06. The minimum absolute atomic E-state index is 0.351. The van der Waals surface area contributed by atoms with Crippen LogP contribution in [0.4, 0.5) is 18.9 Å². The number of alkyl halides is 3. The van der Waals surface area contributed by atoms with E-state index in [2.05, 4.69) is 10.3 Å². The van der Waals surface area contributed by atoms with E-state index in [1.54, 1.807) is 20.0 Å². The quantitative estimate of drug-likeness (QED) is 0.823. The van der Waals surface area contributed by atoms with Crippen LogP contribution >= 0.6 is 0 Å². The molecule has 1 heterocycles. The molecule has 1 N–H and O–H groups in total. The molecule has 2 nitrogen and oxygen atoms in total. The fraction of sp³-hybridized carbons (Fsp3) is 0.250. The number of benzene rings is 1. The van der Waals surface area contributed by atoms with E-state index in [0.717, 1.165) is 23.2 Å². The molecule has 0 fully saturated rings. The Morgan fingerprint density at radius 1 is 1.24 bits per heavy atom. The second-order valence-corrected chi connectivity index (χ2v) is 3.79. The summed E-state index contributed by atoms with van der Waals surface area (Å²) in [5.41, 5.74) is 1.03. The van der Waals surface area contributed by atoms with Crippen molar-refractivity contribution in [3.8, 4) is 0 Å². The highest BCUT2D eigenvalue weighted by Crippen LogP contribution is 2.34. The van der Waals surface area contributed by atoms with Gasteiger partial charge in [-0.15, -0.1) is 0 Å². The molecule has 0 aliphatic heterocycles. The number of hydrogen-bond donors (Lipinski definition) is 1. The molecule has 0 aliphatic carbocycles. The number of nitrogens with zero attached hydrogens (tertiary/aromatic N) is 1. The Bertz CT molecular complexity index is 561. The summed E-state index contributed by atoms with van der Waals surface area (Å²) in [5.74, 6) is 0. The first-order valence-corrected chi connectivity index (χ1v) is 5.08. The standard InChI is InChI=1S/C12H11F3N2/c1-7-5-8(12(13,14)15)6-10-11(7)9(16-2)3-4-17-10/h3-6H,1-2H3,(H,16,17). The van der Waals surface area contributed by atoms with Gasteiger partial charge in [0.25, 0.3) is 0 Å². The number of halogens is 3. The zero-order chi connectivity index (χ0) is 12.6. The predicted octanol–water partition coefficient (Wildman–Crippen LogP) is 3.60. The van der Waals surface area contributed by atoms with Gasteiger partial charge in [0.15, 0.2) is 0 Å². The zero-order valence-corrected chi connectivity index (χ0v) is 9.39. The summed E-state index contributed by atoms with van der Waals surface area (Å²) in [6.45, 7) is 1.65. The van der Waals surface area contributed by atoms with Crippen molar-refractivity contribution in [1.29, 1.82) is 0 Å². The minimum Gasteiger partial charge on any atom is -0.388 e. The molecule has 0 unspecified atom stereocenters. The van der Waals surface area contributed by atoms with Crippen LogP contribution in [0, 0.1) is 6.92 Å². The highest BCUT2D eigenvalue weighted by atomic mass is 19.4. The highest BCUT2D eigenvalue weighted by Gasteiger charge is 2.31. The van der Waals surface area contributed by atoms with E-state index in [9.17, 15) is 13.2 Å². The maximum atomic E-state index is 12.6. The van der Waals surface area contributed by atoms with Crippen LogP contribution in [0.5, 0.6) is 0 Å². The molecule has 0 aliphatic rings. The van der Waals surface area contributed by atoms with Gasteiger partial charge in [-0.2, -0.15) is 13.2 Å². The molecule has 0 spiro atoms. The summed E-state index contributed by atoms with van der Waals surface area (Å²) in [6, 6.07) is 3.95. The van der Waals surface area contributed by atoms with Gasteiger partial charge < -0.3 is 5.32 Å². The van der Waals surface area contributed by atoms with Gasteiger partial charge in [-0.05, 0) is 30.7 Å². The first-order chi connectivity index (χ1) is 7.93. The summed E-state index contributed by atoms with van der Waals surface area (Å²) in [6.07, 6.45) is -2.84. The molecule has 17 heavy (non-hydrogen) atoms. The van der Waals surface area contributed by atoms with Crippen molar-refractivity contribution in [2.45, 2.75) is 13.1 Å². The van der Waals surface area contributed by atoms with E-state index in [1.165, 1.54) is 6.20 Å². The van der Waals surface area contributed by atoms with Gasteiger partial charge in [0.2, 0.25) is 0 Å². The molecule has 90 valence electrons. The second-order valence-electron chi connectivity index (χ2n) is 3.79. The summed E-state index contributed by atoms with van der Waals surface area (Å²) < 4.78 is 37.9.